The Kier molecular flexibility index (Phi) is 5.81. The van der Waals surface area contributed by atoms with E-state index in [2.05, 4.69) is 20.8 Å². The van der Waals surface area contributed by atoms with Gasteiger partial charge in [0.2, 0.25) is 5.75 Å². The van der Waals surface area contributed by atoms with Crippen molar-refractivity contribution in [2.75, 3.05) is 21.3 Å². The fourth-order valence-corrected chi connectivity index (χ4v) is 3.96. The van der Waals surface area contributed by atoms with Gasteiger partial charge in [0.15, 0.2) is 11.5 Å². The van der Waals surface area contributed by atoms with Crippen molar-refractivity contribution in [2.24, 2.45) is 5.41 Å². The molecule has 134 valence electrons. The van der Waals surface area contributed by atoms with Gasteiger partial charge in [-0.05, 0) is 54.9 Å². The van der Waals surface area contributed by atoms with Crippen LogP contribution in [0.4, 0.5) is 0 Å². The van der Waals surface area contributed by atoms with Crippen LogP contribution in [0.3, 0.4) is 0 Å². The molecule has 0 saturated heterocycles. The van der Waals surface area contributed by atoms with E-state index in [1.165, 1.54) is 17.6 Å². The molecule has 0 radical (unpaired) electrons. The predicted octanol–water partition coefficient (Wildman–Crippen LogP) is 4.14. The second-order valence-corrected chi connectivity index (χ2v) is 7.18. The van der Waals surface area contributed by atoms with E-state index in [4.69, 9.17) is 14.2 Å². The van der Waals surface area contributed by atoms with Crippen LogP contribution in [0.25, 0.3) is 0 Å². The topological polar surface area (TPSA) is 47.9 Å². The van der Waals surface area contributed by atoms with Crippen LogP contribution in [0.2, 0.25) is 0 Å². The molecular formula is C20H30O4. The highest BCUT2D eigenvalue weighted by molar-refractivity contribution is 5.54. The quantitative estimate of drug-likeness (QED) is 0.794. The Bertz CT molecular complexity index is 591. The Hall–Kier alpha value is -1.68. The van der Waals surface area contributed by atoms with Crippen LogP contribution >= 0.6 is 0 Å². The maximum absolute atomic E-state index is 10.9. The number of benzene rings is 1. The van der Waals surface area contributed by atoms with E-state index in [1.54, 1.807) is 21.3 Å². The zero-order valence-electron chi connectivity index (χ0n) is 15.7. The largest absolute Gasteiger partial charge is 0.493 e. The molecule has 0 saturated carbocycles. The number of aliphatic hydroxyl groups is 1. The van der Waals surface area contributed by atoms with Crippen LogP contribution < -0.4 is 14.2 Å². The first kappa shape index (κ1) is 18.7. The van der Waals surface area contributed by atoms with Crippen LogP contribution in [0.5, 0.6) is 17.2 Å². The fraction of sp³-hybridized carbons (Fsp3) is 0.600. The van der Waals surface area contributed by atoms with Gasteiger partial charge in [-0.15, -0.1) is 0 Å². The molecule has 0 aromatic heterocycles. The molecule has 2 rings (SSSR count). The zero-order valence-corrected chi connectivity index (χ0v) is 15.7. The Balaban J connectivity index is 2.33. The lowest BCUT2D eigenvalue weighted by Crippen LogP contribution is -2.30. The zero-order chi connectivity index (χ0) is 17.9. The van der Waals surface area contributed by atoms with Gasteiger partial charge in [0.25, 0.3) is 0 Å². The molecule has 0 fully saturated rings. The smallest absolute Gasteiger partial charge is 0.203 e. The molecule has 4 nitrogen and oxygen atoms in total. The van der Waals surface area contributed by atoms with Crippen molar-refractivity contribution in [2.45, 2.75) is 52.6 Å². The minimum Gasteiger partial charge on any atom is -0.493 e. The summed E-state index contributed by atoms with van der Waals surface area (Å²) in [5.41, 5.74) is 3.52. The van der Waals surface area contributed by atoms with Crippen LogP contribution in [0.15, 0.2) is 23.3 Å². The van der Waals surface area contributed by atoms with E-state index in [1.807, 2.05) is 12.1 Å². The third-order valence-corrected chi connectivity index (χ3v) is 5.03. The van der Waals surface area contributed by atoms with E-state index >= 15 is 0 Å². The average Bonchev–Trinajstić information content (AvgIpc) is 2.52. The van der Waals surface area contributed by atoms with E-state index in [0.717, 1.165) is 18.4 Å². The van der Waals surface area contributed by atoms with Gasteiger partial charge in [-0.2, -0.15) is 0 Å². The summed E-state index contributed by atoms with van der Waals surface area (Å²) >= 11 is 0. The van der Waals surface area contributed by atoms with Crippen LogP contribution in [0.1, 0.15) is 45.6 Å². The number of ether oxygens (including phenoxy) is 3. The van der Waals surface area contributed by atoms with Gasteiger partial charge in [0.05, 0.1) is 27.4 Å². The molecule has 1 aromatic carbocycles. The lowest BCUT2D eigenvalue weighted by molar-refractivity contribution is 0.168. The van der Waals surface area contributed by atoms with Crippen molar-refractivity contribution in [1.82, 2.24) is 0 Å². The van der Waals surface area contributed by atoms with Gasteiger partial charge in [-0.3, -0.25) is 0 Å². The molecule has 1 aromatic rings. The van der Waals surface area contributed by atoms with Crippen molar-refractivity contribution in [3.05, 3.63) is 28.8 Å². The molecule has 0 spiro atoms. The van der Waals surface area contributed by atoms with Gasteiger partial charge in [-0.25, -0.2) is 0 Å². The minimum atomic E-state index is -0.497. The summed E-state index contributed by atoms with van der Waals surface area (Å²) in [5, 5.41) is 10.9. The molecule has 1 aliphatic rings. The molecular weight excluding hydrogens is 304 g/mol. The molecule has 1 atom stereocenters. The molecule has 1 aliphatic carbocycles. The SMILES string of the molecule is COc1cc(CC(O)C2=C(C)CCCC2(C)C)cc(OC)c1OC. The van der Waals surface area contributed by atoms with Crippen molar-refractivity contribution in [3.63, 3.8) is 0 Å². The van der Waals surface area contributed by atoms with Crippen LogP contribution in [-0.4, -0.2) is 32.5 Å². The highest BCUT2D eigenvalue weighted by atomic mass is 16.5. The second-order valence-electron chi connectivity index (χ2n) is 7.18. The third-order valence-electron chi connectivity index (χ3n) is 5.03. The lowest BCUT2D eigenvalue weighted by Gasteiger charge is -2.37. The Morgan fingerprint density at radius 2 is 1.67 bits per heavy atom. The van der Waals surface area contributed by atoms with Gasteiger partial charge in [0.1, 0.15) is 0 Å². The number of allylic oxidation sites excluding steroid dienone is 1. The second kappa shape index (κ2) is 7.47. The minimum absolute atomic E-state index is 0.0440. The fourth-order valence-electron chi connectivity index (χ4n) is 3.96. The molecule has 0 bridgehead atoms. The first-order valence-electron chi connectivity index (χ1n) is 8.51. The molecule has 0 amide bonds. The first-order chi connectivity index (χ1) is 11.3. The van der Waals surface area contributed by atoms with Gasteiger partial charge in [-0.1, -0.05) is 19.4 Å². The summed E-state index contributed by atoms with van der Waals surface area (Å²) in [6.07, 6.45) is 3.42. The summed E-state index contributed by atoms with van der Waals surface area (Å²) in [6.45, 7) is 6.60. The predicted molar refractivity (Wildman–Crippen MR) is 96.1 cm³/mol. The maximum atomic E-state index is 10.9. The number of hydrogen-bond acceptors (Lipinski definition) is 4. The highest BCUT2D eigenvalue weighted by Crippen LogP contribution is 2.43. The number of methoxy groups -OCH3 is 3. The average molecular weight is 334 g/mol. The van der Waals surface area contributed by atoms with E-state index in [0.29, 0.717) is 23.7 Å². The molecule has 0 heterocycles. The Morgan fingerprint density at radius 1 is 1.08 bits per heavy atom. The van der Waals surface area contributed by atoms with Crippen molar-refractivity contribution < 1.29 is 19.3 Å². The third kappa shape index (κ3) is 3.69. The standard InChI is InChI=1S/C20H30O4/c1-13-8-7-9-20(2,3)18(13)15(21)10-14-11-16(22-4)19(24-6)17(12-14)23-5/h11-12,15,21H,7-10H2,1-6H3. The molecule has 1 unspecified atom stereocenters. The number of aliphatic hydroxyl groups excluding tert-OH is 1. The van der Waals surface area contributed by atoms with Crippen LogP contribution in [0, 0.1) is 5.41 Å². The first-order valence-corrected chi connectivity index (χ1v) is 8.51. The number of hydrogen-bond donors (Lipinski definition) is 1. The molecule has 1 N–H and O–H groups in total. The Morgan fingerprint density at radius 3 is 2.12 bits per heavy atom. The van der Waals surface area contributed by atoms with Crippen molar-refractivity contribution >= 4 is 0 Å². The van der Waals surface area contributed by atoms with Crippen molar-refractivity contribution in [3.8, 4) is 17.2 Å². The van der Waals surface area contributed by atoms with Gasteiger partial charge < -0.3 is 19.3 Å². The lowest BCUT2D eigenvalue weighted by atomic mass is 9.70. The van der Waals surface area contributed by atoms with Gasteiger partial charge >= 0.3 is 0 Å². The van der Waals surface area contributed by atoms with E-state index in [-0.39, 0.29) is 5.41 Å². The van der Waals surface area contributed by atoms with Crippen molar-refractivity contribution in [1.29, 1.82) is 0 Å². The molecule has 4 heteroatoms. The summed E-state index contributed by atoms with van der Waals surface area (Å²) in [7, 11) is 4.80. The van der Waals surface area contributed by atoms with Gasteiger partial charge in [0, 0.05) is 6.42 Å². The molecule has 0 aliphatic heterocycles. The highest BCUT2D eigenvalue weighted by Gasteiger charge is 2.33. The monoisotopic (exact) mass is 334 g/mol. The Labute approximate surface area is 145 Å². The van der Waals surface area contributed by atoms with Crippen LogP contribution in [-0.2, 0) is 6.42 Å². The summed E-state index contributed by atoms with van der Waals surface area (Å²) in [6, 6.07) is 3.83. The maximum Gasteiger partial charge on any atom is 0.203 e. The summed E-state index contributed by atoms with van der Waals surface area (Å²) < 4.78 is 16.2. The molecule has 24 heavy (non-hydrogen) atoms. The normalized spacial score (nSPS) is 18.3. The van der Waals surface area contributed by atoms with E-state index < -0.39 is 6.10 Å². The summed E-state index contributed by atoms with van der Waals surface area (Å²) in [5.74, 6) is 1.81. The summed E-state index contributed by atoms with van der Waals surface area (Å²) in [4.78, 5) is 0. The number of rotatable bonds is 6. The van der Waals surface area contributed by atoms with E-state index in [9.17, 15) is 5.11 Å².